The normalized spacial score (nSPS) is 17.2. The van der Waals surface area contributed by atoms with Crippen molar-refractivity contribution in [2.75, 3.05) is 39.4 Å². The Labute approximate surface area is 157 Å². The van der Waals surface area contributed by atoms with Gasteiger partial charge in [0.05, 0.1) is 24.2 Å². The average Bonchev–Trinajstić information content (AvgIpc) is 2.59. The van der Waals surface area contributed by atoms with Crippen LogP contribution in [0, 0.1) is 0 Å². The number of ether oxygens (including phenoxy) is 1. The number of carbonyl (C=O) groups excluding carboxylic acids is 1. The van der Waals surface area contributed by atoms with Gasteiger partial charge in [-0.2, -0.15) is 4.72 Å². The van der Waals surface area contributed by atoms with Crippen molar-refractivity contribution in [3.05, 3.63) is 28.7 Å². The molecule has 1 aliphatic rings. The second kappa shape index (κ2) is 9.63. The number of hydrogen-bond donors (Lipinski definition) is 2. The Kier molecular flexibility index (Phi) is 7.82. The quantitative estimate of drug-likeness (QED) is 0.595. The van der Waals surface area contributed by atoms with Crippen LogP contribution in [0.1, 0.15) is 13.3 Å². The van der Waals surface area contributed by atoms with Crippen LogP contribution in [0.15, 0.2) is 33.6 Å². The second-order valence-corrected chi connectivity index (χ2v) is 8.53. The van der Waals surface area contributed by atoms with Gasteiger partial charge in [0, 0.05) is 24.1 Å². The van der Waals surface area contributed by atoms with E-state index in [0.717, 1.165) is 43.7 Å². The third kappa shape index (κ3) is 6.67. The van der Waals surface area contributed by atoms with Gasteiger partial charge in [-0.15, -0.1) is 0 Å². The van der Waals surface area contributed by atoms with Crippen molar-refractivity contribution in [2.45, 2.75) is 24.3 Å². The minimum absolute atomic E-state index is 0.127. The molecule has 1 aromatic rings. The van der Waals surface area contributed by atoms with Crippen molar-refractivity contribution in [3.63, 3.8) is 0 Å². The highest BCUT2D eigenvalue weighted by Crippen LogP contribution is 2.14. The number of rotatable bonds is 8. The summed E-state index contributed by atoms with van der Waals surface area (Å²) >= 11 is 3.26. The Morgan fingerprint density at radius 1 is 1.28 bits per heavy atom. The number of sulfonamides is 1. The molecule has 0 bridgehead atoms. The molecule has 1 saturated heterocycles. The smallest absolute Gasteiger partial charge is 0.241 e. The van der Waals surface area contributed by atoms with Gasteiger partial charge in [0.2, 0.25) is 15.9 Å². The fourth-order valence-electron chi connectivity index (χ4n) is 2.46. The molecule has 1 fully saturated rings. The number of morpholine rings is 1. The van der Waals surface area contributed by atoms with E-state index < -0.39 is 16.1 Å². The molecule has 9 heteroatoms. The van der Waals surface area contributed by atoms with E-state index >= 15 is 0 Å². The molecule has 0 radical (unpaired) electrons. The number of hydrogen-bond acceptors (Lipinski definition) is 5. The Hall–Kier alpha value is -1.00. The third-order valence-electron chi connectivity index (χ3n) is 3.90. The zero-order chi connectivity index (χ0) is 18.3. The molecule has 1 aromatic carbocycles. The van der Waals surface area contributed by atoms with E-state index in [-0.39, 0.29) is 10.8 Å². The second-order valence-electron chi connectivity index (χ2n) is 5.90. The van der Waals surface area contributed by atoms with Crippen LogP contribution < -0.4 is 10.0 Å². The molecule has 1 heterocycles. The number of halogens is 1. The SMILES string of the molecule is C[C@H](NS(=O)(=O)c1ccc(Br)cc1)C(=O)NCCCN1CCOCC1. The standard InChI is InChI=1S/C16H24BrN3O4S/c1-13(19-25(22,23)15-5-3-14(17)4-6-15)16(21)18-7-2-8-20-9-11-24-12-10-20/h3-6,13,19H,2,7-12H2,1H3,(H,18,21)/t13-/m0/s1. The molecular weight excluding hydrogens is 410 g/mol. The van der Waals surface area contributed by atoms with Gasteiger partial charge in [-0.25, -0.2) is 8.42 Å². The highest BCUT2D eigenvalue weighted by Gasteiger charge is 2.21. The summed E-state index contributed by atoms with van der Waals surface area (Å²) in [5, 5.41) is 2.77. The summed E-state index contributed by atoms with van der Waals surface area (Å²) in [6.07, 6.45) is 0.817. The first-order chi connectivity index (χ1) is 11.9. The molecule has 140 valence electrons. The molecule has 0 unspecified atom stereocenters. The van der Waals surface area contributed by atoms with Gasteiger partial charge in [-0.05, 0) is 44.2 Å². The van der Waals surface area contributed by atoms with Gasteiger partial charge in [-0.1, -0.05) is 15.9 Å². The van der Waals surface area contributed by atoms with Crippen molar-refractivity contribution < 1.29 is 17.9 Å². The van der Waals surface area contributed by atoms with Crippen LogP contribution in [0.25, 0.3) is 0 Å². The van der Waals surface area contributed by atoms with Crippen LogP contribution in [-0.4, -0.2) is 64.7 Å². The molecule has 2 N–H and O–H groups in total. The molecule has 1 amide bonds. The van der Waals surface area contributed by atoms with Gasteiger partial charge < -0.3 is 10.1 Å². The van der Waals surface area contributed by atoms with Crippen molar-refractivity contribution in [2.24, 2.45) is 0 Å². The molecule has 0 saturated carbocycles. The average molecular weight is 434 g/mol. The van der Waals surface area contributed by atoms with Crippen LogP contribution in [-0.2, 0) is 19.6 Å². The molecule has 0 aromatic heterocycles. The maximum absolute atomic E-state index is 12.3. The largest absolute Gasteiger partial charge is 0.379 e. The van der Waals surface area contributed by atoms with Crippen LogP contribution in [0.5, 0.6) is 0 Å². The lowest BCUT2D eigenvalue weighted by atomic mass is 10.3. The number of nitrogens with zero attached hydrogens (tertiary/aromatic N) is 1. The maximum atomic E-state index is 12.3. The van der Waals surface area contributed by atoms with E-state index in [1.54, 1.807) is 12.1 Å². The first-order valence-electron chi connectivity index (χ1n) is 8.24. The van der Waals surface area contributed by atoms with Gasteiger partial charge in [0.25, 0.3) is 0 Å². The minimum atomic E-state index is -3.72. The van der Waals surface area contributed by atoms with E-state index in [2.05, 4.69) is 30.9 Å². The van der Waals surface area contributed by atoms with Crippen molar-refractivity contribution in [3.8, 4) is 0 Å². The van der Waals surface area contributed by atoms with Gasteiger partial charge in [0.1, 0.15) is 0 Å². The summed E-state index contributed by atoms with van der Waals surface area (Å²) in [7, 11) is -3.72. The Bertz CT molecular complexity index is 660. The van der Waals surface area contributed by atoms with E-state index in [4.69, 9.17) is 4.74 Å². The molecule has 0 spiro atoms. The molecule has 0 aliphatic carbocycles. The fourth-order valence-corrected chi connectivity index (χ4v) is 3.93. The van der Waals surface area contributed by atoms with E-state index in [9.17, 15) is 13.2 Å². The predicted molar refractivity (Wildman–Crippen MR) is 98.8 cm³/mol. The zero-order valence-corrected chi connectivity index (χ0v) is 16.6. The minimum Gasteiger partial charge on any atom is -0.379 e. The Morgan fingerprint density at radius 2 is 1.92 bits per heavy atom. The first-order valence-corrected chi connectivity index (χ1v) is 10.5. The molecule has 2 rings (SSSR count). The lowest BCUT2D eigenvalue weighted by Crippen LogP contribution is -2.45. The number of nitrogens with one attached hydrogen (secondary N) is 2. The summed E-state index contributed by atoms with van der Waals surface area (Å²) in [6.45, 7) is 6.27. The van der Waals surface area contributed by atoms with Crippen molar-refractivity contribution in [1.82, 2.24) is 14.9 Å². The van der Waals surface area contributed by atoms with E-state index in [1.165, 1.54) is 19.1 Å². The Balaban J connectivity index is 1.74. The van der Waals surface area contributed by atoms with Gasteiger partial charge in [-0.3, -0.25) is 9.69 Å². The topological polar surface area (TPSA) is 87.7 Å². The van der Waals surface area contributed by atoms with E-state index in [0.29, 0.717) is 6.54 Å². The van der Waals surface area contributed by atoms with Crippen LogP contribution >= 0.6 is 15.9 Å². The van der Waals surface area contributed by atoms with E-state index in [1.807, 2.05) is 0 Å². The monoisotopic (exact) mass is 433 g/mol. The number of carbonyl (C=O) groups is 1. The summed E-state index contributed by atoms with van der Waals surface area (Å²) in [6, 6.07) is 5.42. The first kappa shape index (κ1) is 20.3. The Morgan fingerprint density at radius 3 is 2.56 bits per heavy atom. The van der Waals surface area contributed by atoms with Crippen LogP contribution in [0.3, 0.4) is 0 Å². The zero-order valence-electron chi connectivity index (χ0n) is 14.2. The van der Waals surface area contributed by atoms with Crippen LogP contribution in [0.2, 0.25) is 0 Å². The summed E-state index contributed by atoms with van der Waals surface area (Å²) in [5.41, 5.74) is 0. The fraction of sp³-hybridized carbons (Fsp3) is 0.562. The van der Waals surface area contributed by atoms with Crippen LogP contribution in [0.4, 0.5) is 0 Å². The molecule has 1 atom stereocenters. The van der Waals surface area contributed by atoms with Crippen molar-refractivity contribution in [1.29, 1.82) is 0 Å². The maximum Gasteiger partial charge on any atom is 0.241 e. The predicted octanol–water partition coefficient (Wildman–Crippen LogP) is 0.954. The molecule has 7 nitrogen and oxygen atoms in total. The summed E-state index contributed by atoms with van der Waals surface area (Å²) < 4.78 is 33.0. The highest BCUT2D eigenvalue weighted by molar-refractivity contribution is 9.10. The molecule has 1 aliphatic heterocycles. The third-order valence-corrected chi connectivity index (χ3v) is 5.99. The summed E-state index contributed by atoms with van der Waals surface area (Å²) in [4.78, 5) is 14.5. The highest BCUT2D eigenvalue weighted by atomic mass is 79.9. The summed E-state index contributed by atoms with van der Waals surface area (Å²) in [5.74, 6) is -0.331. The number of benzene rings is 1. The van der Waals surface area contributed by atoms with Gasteiger partial charge in [0.15, 0.2) is 0 Å². The van der Waals surface area contributed by atoms with Gasteiger partial charge >= 0.3 is 0 Å². The number of amides is 1. The molecule has 25 heavy (non-hydrogen) atoms. The lowest BCUT2D eigenvalue weighted by Gasteiger charge is -2.26. The lowest BCUT2D eigenvalue weighted by molar-refractivity contribution is -0.122. The van der Waals surface area contributed by atoms with Crippen molar-refractivity contribution >= 4 is 31.9 Å². The molecular formula is C16H24BrN3O4S.